The van der Waals surface area contributed by atoms with E-state index in [9.17, 15) is 0 Å². The van der Waals surface area contributed by atoms with Crippen molar-refractivity contribution >= 4 is 10.9 Å². The van der Waals surface area contributed by atoms with Crippen molar-refractivity contribution in [3.05, 3.63) is 36.0 Å². The smallest absolute Gasteiger partial charge is 0.0481 e. The zero-order chi connectivity index (χ0) is 14.1. The lowest BCUT2D eigenvalue weighted by molar-refractivity contribution is 0.123. The van der Waals surface area contributed by atoms with Gasteiger partial charge in [0.05, 0.1) is 0 Å². The molecule has 0 amide bonds. The summed E-state index contributed by atoms with van der Waals surface area (Å²) >= 11 is 0. The van der Waals surface area contributed by atoms with Crippen LogP contribution in [0.3, 0.4) is 0 Å². The second-order valence-electron chi connectivity index (χ2n) is 6.18. The van der Waals surface area contributed by atoms with Crippen molar-refractivity contribution in [3.63, 3.8) is 0 Å². The van der Waals surface area contributed by atoms with Crippen molar-refractivity contribution in [3.8, 4) is 0 Å². The Bertz CT molecular complexity index is 585. The van der Waals surface area contributed by atoms with Crippen LogP contribution in [0.1, 0.15) is 31.7 Å². The minimum absolute atomic E-state index is 0.255. The molecule has 108 valence electrons. The summed E-state index contributed by atoms with van der Waals surface area (Å²) in [7, 11) is 2.13. The Balaban J connectivity index is 1.88. The van der Waals surface area contributed by atoms with E-state index >= 15 is 0 Å². The van der Waals surface area contributed by atoms with Crippen molar-refractivity contribution < 1.29 is 0 Å². The van der Waals surface area contributed by atoms with Gasteiger partial charge >= 0.3 is 0 Å². The molecule has 2 N–H and O–H groups in total. The van der Waals surface area contributed by atoms with Crippen LogP contribution in [-0.4, -0.2) is 28.1 Å². The van der Waals surface area contributed by atoms with E-state index in [1.807, 2.05) is 0 Å². The Hall–Kier alpha value is -1.32. The predicted molar refractivity (Wildman–Crippen MR) is 84.6 cm³/mol. The highest BCUT2D eigenvalue weighted by Gasteiger charge is 2.26. The molecule has 0 saturated carbocycles. The standard InChI is InChI=1S/C17H25N3/c1-13(18)16-8-5-6-10-20(16)12-14-11-19(2)17-9-4-3-7-15(14)17/h3-4,7,9,11,13,16H,5-6,8,10,12,18H2,1-2H3. The maximum absolute atomic E-state index is 6.18. The van der Waals surface area contributed by atoms with Gasteiger partial charge in [0.2, 0.25) is 0 Å². The number of hydrogen-bond donors (Lipinski definition) is 1. The number of fused-ring (bicyclic) bond motifs is 1. The highest BCUT2D eigenvalue weighted by molar-refractivity contribution is 5.83. The van der Waals surface area contributed by atoms with E-state index in [-0.39, 0.29) is 6.04 Å². The summed E-state index contributed by atoms with van der Waals surface area (Å²) < 4.78 is 2.23. The fraction of sp³-hybridized carbons (Fsp3) is 0.529. The van der Waals surface area contributed by atoms with Crippen molar-refractivity contribution in [2.45, 2.75) is 44.8 Å². The van der Waals surface area contributed by atoms with Crippen molar-refractivity contribution in [2.24, 2.45) is 12.8 Å². The van der Waals surface area contributed by atoms with Crippen LogP contribution in [-0.2, 0) is 13.6 Å². The van der Waals surface area contributed by atoms with Crippen LogP contribution in [0.25, 0.3) is 10.9 Å². The van der Waals surface area contributed by atoms with Gasteiger partial charge in [-0.2, -0.15) is 0 Å². The van der Waals surface area contributed by atoms with Gasteiger partial charge in [0.1, 0.15) is 0 Å². The summed E-state index contributed by atoms with van der Waals surface area (Å²) in [5, 5.41) is 1.38. The molecule has 1 saturated heterocycles. The molecular formula is C17H25N3. The summed E-state index contributed by atoms with van der Waals surface area (Å²) in [4.78, 5) is 2.58. The molecule has 1 fully saturated rings. The maximum atomic E-state index is 6.18. The van der Waals surface area contributed by atoms with E-state index in [0.29, 0.717) is 6.04 Å². The molecule has 1 aliphatic rings. The number of aryl methyl sites for hydroxylation is 1. The van der Waals surface area contributed by atoms with Crippen molar-refractivity contribution in [1.29, 1.82) is 0 Å². The summed E-state index contributed by atoms with van der Waals surface area (Å²) in [6.45, 7) is 4.34. The quantitative estimate of drug-likeness (QED) is 0.931. The third-order valence-corrected chi connectivity index (χ3v) is 4.62. The lowest BCUT2D eigenvalue weighted by Crippen LogP contribution is -2.48. The van der Waals surface area contributed by atoms with E-state index in [1.165, 1.54) is 42.3 Å². The van der Waals surface area contributed by atoms with Gasteiger partial charge in [0.15, 0.2) is 0 Å². The van der Waals surface area contributed by atoms with E-state index in [0.717, 1.165) is 6.54 Å². The van der Waals surface area contributed by atoms with Crippen LogP contribution < -0.4 is 5.73 Å². The van der Waals surface area contributed by atoms with Crippen LogP contribution in [0.4, 0.5) is 0 Å². The Morgan fingerprint density at radius 1 is 1.30 bits per heavy atom. The summed E-state index contributed by atoms with van der Waals surface area (Å²) in [6, 6.07) is 9.45. The Kier molecular flexibility index (Phi) is 3.81. The first-order chi connectivity index (χ1) is 9.66. The number of aromatic nitrogens is 1. The molecule has 3 heteroatoms. The number of para-hydroxylation sites is 1. The zero-order valence-corrected chi connectivity index (χ0v) is 12.5. The van der Waals surface area contributed by atoms with Gasteiger partial charge in [-0.25, -0.2) is 0 Å². The van der Waals surface area contributed by atoms with Gasteiger partial charge in [-0.1, -0.05) is 24.6 Å². The highest BCUT2D eigenvalue weighted by atomic mass is 15.2. The van der Waals surface area contributed by atoms with Gasteiger partial charge in [-0.3, -0.25) is 4.90 Å². The summed E-state index contributed by atoms with van der Waals surface area (Å²) in [6.07, 6.45) is 6.13. The third kappa shape index (κ3) is 2.48. The first kappa shape index (κ1) is 13.7. The second kappa shape index (κ2) is 5.58. The van der Waals surface area contributed by atoms with E-state index in [1.54, 1.807) is 0 Å². The lowest BCUT2D eigenvalue weighted by atomic mass is 9.96. The predicted octanol–water partition coefficient (Wildman–Crippen LogP) is 2.88. The average Bonchev–Trinajstić information content (AvgIpc) is 2.76. The molecule has 0 bridgehead atoms. The maximum Gasteiger partial charge on any atom is 0.0481 e. The average molecular weight is 271 g/mol. The molecule has 1 aliphatic heterocycles. The Labute approximate surface area is 121 Å². The summed E-state index contributed by atoms with van der Waals surface area (Å²) in [5.74, 6) is 0. The second-order valence-corrected chi connectivity index (χ2v) is 6.18. The molecular weight excluding hydrogens is 246 g/mol. The monoisotopic (exact) mass is 271 g/mol. The fourth-order valence-electron chi connectivity index (χ4n) is 3.58. The minimum atomic E-state index is 0.255. The number of benzene rings is 1. The normalized spacial score (nSPS) is 22.2. The number of likely N-dealkylation sites (tertiary alicyclic amines) is 1. The number of nitrogens with zero attached hydrogens (tertiary/aromatic N) is 2. The van der Waals surface area contributed by atoms with Crippen LogP contribution in [0.2, 0.25) is 0 Å². The van der Waals surface area contributed by atoms with Crippen molar-refractivity contribution in [2.75, 3.05) is 6.54 Å². The van der Waals surface area contributed by atoms with Gasteiger partial charge in [0, 0.05) is 42.8 Å². The van der Waals surface area contributed by atoms with E-state index < -0.39 is 0 Å². The first-order valence-electron chi connectivity index (χ1n) is 7.69. The molecule has 2 aromatic rings. The van der Waals surface area contributed by atoms with Gasteiger partial charge in [-0.15, -0.1) is 0 Å². The first-order valence-corrected chi connectivity index (χ1v) is 7.69. The molecule has 1 aromatic heterocycles. The number of hydrogen-bond acceptors (Lipinski definition) is 2. The lowest BCUT2D eigenvalue weighted by Gasteiger charge is -2.38. The minimum Gasteiger partial charge on any atom is -0.350 e. The molecule has 0 radical (unpaired) electrons. The van der Waals surface area contributed by atoms with E-state index in [4.69, 9.17) is 5.73 Å². The zero-order valence-electron chi connectivity index (χ0n) is 12.5. The molecule has 2 unspecified atom stereocenters. The molecule has 1 aromatic carbocycles. The number of rotatable bonds is 3. The van der Waals surface area contributed by atoms with Crippen LogP contribution in [0.5, 0.6) is 0 Å². The molecule has 2 atom stereocenters. The Morgan fingerprint density at radius 2 is 2.10 bits per heavy atom. The van der Waals surface area contributed by atoms with Gasteiger partial charge in [0.25, 0.3) is 0 Å². The number of piperidine rings is 1. The van der Waals surface area contributed by atoms with Crippen LogP contribution >= 0.6 is 0 Å². The fourth-order valence-corrected chi connectivity index (χ4v) is 3.58. The third-order valence-electron chi connectivity index (χ3n) is 4.62. The van der Waals surface area contributed by atoms with E-state index in [2.05, 4.69) is 53.9 Å². The number of nitrogens with two attached hydrogens (primary N) is 1. The molecule has 20 heavy (non-hydrogen) atoms. The molecule has 3 rings (SSSR count). The Morgan fingerprint density at radius 3 is 2.90 bits per heavy atom. The molecule has 2 heterocycles. The molecule has 0 aliphatic carbocycles. The topological polar surface area (TPSA) is 34.2 Å². The SMILES string of the molecule is CC(N)C1CCCCN1Cc1cn(C)c2ccccc12. The van der Waals surface area contributed by atoms with Crippen LogP contribution in [0.15, 0.2) is 30.5 Å². The molecule has 3 nitrogen and oxygen atoms in total. The van der Waals surface area contributed by atoms with Crippen molar-refractivity contribution in [1.82, 2.24) is 9.47 Å². The van der Waals surface area contributed by atoms with Gasteiger partial charge in [-0.05, 0) is 37.9 Å². The largest absolute Gasteiger partial charge is 0.350 e. The molecule has 0 spiro atoms. The van der Waals surface area contributed by atoms with Gasteiger partial charge < -0.3 is 10.3 Å². The highest BCUT2D eigenvalue weighted by Crippen LogP contribution is 2.26. The summed E-state index contributed by atoms with van der Waals surface area (Å²) in [5.41, 5.74) is 8.93. The van der Waals surface area contributed by atoms with Crippen LogP contribution in [0, 0.1) is 0 Å².